The highest BCUT2D eigenvalue weighted by molar-refractivity contribution is 5.95. The molecule has 1 aromatic rings. The van der Waals surface area contributed by atoms with Crippen molar-refractivity contribution in [1.82, 2.24) is 0 Å². The number of hydrogen-bond acceptors (Lipinski definition) is 2. The van der Waals surface area contributed by atoms with Crippen LogP contribution >= 0.6 is 0 Å². The van der Waals surface area contributed by atoms with Gasteiger partial charge in [-0.1, -0.05) is 24.3 Å². The van der Waals surface area contributed by atoms with Gasteiger partial charge in [-0.3, -0.25) is 4.79 Å². The zero-order valence-electron chi connectivity index (χ0n) is 11.8. The fourth-order valence-electron chi connectivity index (χ4n) is 3.42. The van der Waals surface area contributed by atoms with Gasteiger partial charge in [0.1, 0.15) is 0 Å². The number of hydrogen-bond donors (Lipinski definition) is 2. The standard InChI is InChI=1S/C17H20N2O/c1-11-7-8-13(10-12(11)4-3-9-18)19-17(20)16-14-5-2-6-15(14)16/h7-8,10,14-16H,2,5-6,9,18H2,1H3,(H,19,20). The zero-order chi connectivity index (χ0) is 14.1. The molecule has 0 bridgehead atoms. The van der Waals surface area contributed by atoms with Crippen molar-refractivity contribution in [1.29, 1.82) is 0 Å². The molecule has 2 atom stereocenters. The van der Waals surface area contributed by atoms with Crippen LogP contribution in [0.15, 0.2) is 18.2 Å². The van der Waals surface area contributed by atoms with Crippen LogP contribution < -0.4 is 11.1 Å². The van der Waals surface area contributed by atoms with E-state index in [0.717, 1.165) is 16.8 Å². The van der Waals surface area contributed by atoms with Gasteiger partial charge in [0.2, 0.25) is 5.91 Å². The van der Waals surface area contributed by atoms with Crippen LogP contribution in [0.5, 0.6) is 0 Å². The third-order valence-corrected chi connectivity index (χ3v) is 4.54. The van der Waals surface area contributed by atoms with E-state index in [0.29, 0.717) is 18.4 Å². The number of aryl methyl sites for hydroxylation is 1. The summed E-state index contributed by atoms with van der Waals surface area (Å²) in [7, 11) is 0. The lowest BCUT2D eigenvalue weighted by atomic mass is 10.1. The SMILES string of the molecule is Cc1ccc(NC(=O)C2C3CCCC32)cc1C#CCN. The zero-order valence-corrected chi connectivity index (χ0v) is 11.8. The number of amides is 1. The molecule has 104 valence electrons. The van der Waals surface area contributed by atoms with Gasteiger partial charge in [0.05, 0.1) is 6.54 Å². The molecule has 2 unspecified atom stereocenters. The van der Waals surface area contributed by atoms with Crippen LogP contribution in [-0.2, 0) is 4.79 Å². The lowest BCUT2D eigenvalue weighted by Crippen LogP contribution is -2.16. The molecule has 0 aromatic heterocycles. The van der Waals surface area contributed by atoms with Gasteiger partial charge in [-0.25, -0.2) is 0 Å². The minimum atomic E-state index is 0.182. The molecule has 1 amide bonds. The van der Waals surface area contributed by atoms with Crippen molar-refractivity contribution in [2.24, 2.45) is 23.5 Å². The Hall–Kier alpha value is -1.79. The second kappa shape index (κ2) is 5.30. The van der Waals surface area contributed by atoms with E-state index in [1.807, 2.05) is 25.1 Å². The van der Waals surface area contributed by atoms with E-state index in [2.05, 4.69) is 17.2 Å². The number of benzene rings is 1. The molecule has 0 aliphatic heterocycles. The van der Waals surface area contributed by atoms with E-state index < -0.39 is 0 Å². The summed E-state index contributed by atoms with van der Waals surface area (Å²) in [6.45, 7) is 2.36. The van der Waals surface area contributed by atoms with E-state index in [1.54, 1.807) is 0 Å². The minimum Gasteiger partial charge on any atom is -0.326 e. The predicted molar refractivity (Wildman–Crippen MR) is 80.1 cm³/mol. The van der Waals surface area contributed by atoms with Crippen LogP contribution in [0.3, 0.4) is 0 Å². The van der Waals surface area contributed by atoms with Crippen LogP contribution in [0.25, 0.3) is 0 Å². The topological polar surface area (TPSA) is 55.1 Å². The average Bonchev–Trinajstić information content (AvgIpc) is 2.93. The molecule has 3 rings (SSSR count). The molecule has 3 N–H and O–H groups in total. The fourth-order valence-corrected chi connectivity index (χ4v) is 3.42. The lowest BCUT2D eigenvalue weighted by Gasteiger charge is -2.08. The molecule has 2 fully saturated rings. The highest BCUT2D eigenvalue weighted by atomic mass is 16.2. The maximum absolute atomic E-state index is 12.2. The number of anilines is 1. The van der Waals surface area contributed by atoms with Gasteiger partial charge in [-0.15, -0.1) is 0 Å². The number of carbonyl (C=O) groups excluding carboxylic acids is 1. The summed E-state index contributed by atoms with van der Waals surface area (Å²) in [6.07, 6.45) is 3.75. The van der Waals surface area contributed by atoms with Crippen LogP contribution in [0, 0.1) is 36.5 Å². The summed E-state index contributed by atoms with van der Waals surface area (Å²) < 4.78 is 0. The first kappa shape index (κ1) is 13.2. The van der Waals surface area contributed by atoms with Crippen molar-refractivity contribution in [2.75, 3.05) is 11.9 Å². The lowest BCUT2D eigenvalue weighted by molar-refractivity contribution is -0.118. The van der Waals surface area contributed by atoms with Gasteiger partial charge in [-0.2, -0.15) is 0 Å². The van der Waals surface area contributed by atoms with Crippen LogP contribution in [0.1, 0.15) is 30.4 Å². The Morgan fingerprint density at radius 2 is 2.15 bits per heavy atom. The van der Waals surface area contributed by atoms with E-state index in [1.165, 1.54) is 19.3 Å². The second-order valence-electron chi connectivity index (χ2n) is 5.81. The van der Waals surface area contributed by atoms with Crippen LogP contribution in [0.4, 0.5) is 5.69 Å². The Labute approximate surface area is 119 Å². The fraction of sp³-hybridized carbons (Fsp3) is 0.471. The Bertz CT molecular complexity index is 587. The van der Waals surface area contributed by atoms with Crippen molar-refractivity contribution in [3.63, 3.8) is 0 Å². The first-order valence-electron chi connectivity index (χ1n) is 7.31. The van der Waals surface area contributed by atoms with E-state index in [9.17, 15) is 4.79 Å². The molecule has 2 saturated carbocycles. The van der Waals surface area contributed by atoms with Crippen LogP contribution in [0.2, 0.25) is 0 Å². The number of nitrogens with two attached hydrogens (primary N) is 1. The number of fused-ring (bicyclic) bond motifs is 1. The second-order valence-corrected chi connectivity index (χ2v) is 5.81. The van der Waals surface area contributed by atoms with E-state index >= 15 is 0 Å². The molecule has 3 heteroatoms. The van der Waals surface area contributed by atoms with Gasteiger partial charge >= 0.3 is 0 Å². The Kier molecular flexibility index (Phi) is 3.50. The number of nitrogens with one attached hydrogen (secondary N) is 1. The van der Waals surface area contributed by atoms with Crippen molar-refractivity contribution in [3.8, 4) is 11.8 Å². The minimum absolute atomic E-state index is 0.182. The van der Waals surface area contributed by atoms with Crippen molar-refractivity contribution >= 4 is 11.6 Å². The maximum atomic E-state index is 12.2. The summed E-state index contributed by atoms with van der Waals surface area (Å²) in [5.74, 6) is 7.64. The van der Waals surface area contributed by atoms with E-state index in [-0.39, 0.29) is 11.8 Å². The molecule has 2 aliphatic carbocycles. The summed E-state index contributed by atoms with van der Waals surface area (Å²) in [5, 5.41) is 3.04. The molecular formula is C17H20N2O. The maximum Gasteiger partial charge on any atom is 0.228 e. The molecule has 0 radical (unpaired) electrons. The van der Waals surface area contributed by atoms with Crippen molar-refractivity contribution < 1.29 is 4.79 Å². The summed E-state index contributed by atoms with van der Waals surface area (Å²) in [6, 6.07) is 5.87. The van der Waals surface area contributed by atoms with Gasteiger partial charge < -0.3 is 11.1 Å². The quantitative estimate of drug-likeness (QED) is 0.809. The first-order valence-corrected chi connectivity index (χ1v) is 7.31. The normalized spacial score (nSPS) is 26.4. The summed E-state index contributed by atoms with van der Waals surface area (Å²) in [5.41, 5.74) is 8.28. The first-order chi connectivity index (χ1) is 9.70. The molecule has 3 nitrogen and oxygen atoms in total. The Morgan fingerprint density at radius 3 is 2.85 bits per heavy atom. The predicted octanol–water partition coefficient (Wildman–Crippen LogP) is 2.29. The van der Waals surface area contributed by atoms with E-state index in [4.69, 9.17) is 5.73 Å². The summed E-state index contributed by atoms with van der Waals surface area (Å²) in [4.78, 5) is 12.2. The molecular weight excluding hydrogens is 248 g/mol. The number of carbonyl (C=O) groups is 1. The Morgan fingerprint density at radius 1 is 1.40 bits per heavy atom. The molecule has 20 heavy (non-hydrogen) atoms. The largest absolute Gasteiger partial charge is 0.326 e. The summed E-state index contributed by atoms with van der Waals surface area (Å²) >= 11 is 0. The van der Waals surface area contributed by atoms with Gasteiger partial charge in [0.25, 0.3) is 0 Å². The highest BCUT2D eigenvalue weighted by Gasteiger charge is 2.56. The molecule has 0 saturated heterocycles. The third kappa shape index (κ3) is 2.44. The molecule has 1 aromatic carbocycles. The highest BCUT2D eigenvalue weighted by Crippen LogP contribution is 2.57. The van der Waals surface area contributed by atoms with Gasteiger partial charge in [-0.05, 0) is 49.3 Å². The van der Waals surface area contributed by atoms with Gasteiger partial charge in [0, 0.05) is 17.2 Å². The molecule has 2 aliphatic rings. The molecule has 0 heterocycles. The Balaban J connectivity index is 1.70. The van der Waals surface area contributed by atoms with Crippen LogP contribution in [-0.4, -0.2) is 12.5 Å². The van der Waals surface area contributed by atoms with Crippen molar-refractivity contribution in [2.45, 2.75) is 26.2 Å². The smallest absolute Gasteiger partial charge is 0.228 e. The number of rotatable bonds is 2. The van der Waals surface area contributed by atoms with Gasteiger partial charge in [0.15, 0.2) is 0 Å². The monoisotopic (exact) mass is 268 g/mol. The third-order valence-electron chi connectivity index (χ3n) is 4.54. The average molecular weight is 268 g/mol. The van der Waals surface area contributed by atoms with Crippen molar-refractivity contribution in [3.05, 3.63) is 29.3 Å². The molecule has 0 spiro atoms.